The summed E-state index contributed by atoms with van der Waals surface area (Å²) >= 11 is 0. The van der Waals surface area contributed by atoms with Crippen LogP contribution in [0.4, 0.5) is 11.6 Å². The molecule has 188 valence electrons. The van der Waals surface area contributed by atoms with Gasteiger partial charge in [-0.05, 0) is 56.5 Å². The predicted octanol–water partition coefficient (Wildman–Crippen LogP) is 3.39. The van der Waals surface area contributed by atoms with Crippen LogP contribution in [0.3, 0.4) is 0 Å². The van der Waals surface area contributed by atoms with Gasteiger partial charge in [-0.1, -0.05) is 19.1 Å². The average molecular weight is 490 g/mol. The number of ether oxygens (including phenoxy) is 1. The number of hydrogen-bond acceptors (Lipinski definition) is 9. The van der Waals surface area contributed by atoms with E-state index in [-0.39, 0.29) is 23.9 Å². The zero-order valence-electron chi connectivity index (χ0n) is 20.6. The number of rotatable bonds is 8. The summed E-state index contributed by atoms with van der Waals surface area (Å²) in [6.45, 7) is 6.72. The number of aromatic nitrogens is 4. The smallest absolute Gasteiger partial charge is 0.323 e. The molecule has 1 aliphatic rings. The molecule has 10 heteroatoms. The molecule has 0 amide bonds. The van der Waals surface area contributed by atoms with Crippen LogP contribution in [0, 0.1) is 5.92 Å². The maximum absolute atomic E-state index is 12.4. The van der Waals surface area contributed by atoms with Crippen LogP contribution in [0.2, 0.25) is 0 Å². The number of furan rings is 1. The van der Waals surface area contributed by atoms with E-state index in [1.807, 2.05) is 32.0 Å². The van der Waals surface area contributed by atoms with Crippen LogP contribution in [0.1, 0.15) is 26.7 Å². The summed E-state index contributed by atoms with van der Waals surface area (Å²) in [6, 6.07) is 13.5. The molecule has 1 aromatic carbocycles. The molecule has 4 heterocycles. The highest BCUT2D eigenvalue weighted by Crippen LogP contribution is 2.30. The van der Waals surface area contributed by atoms with Gasteiger partial charge in [-0.3, -0.25) is 4.79 Å². The number of esters is 1. The molecule has 1 fully saturated rings. The normalized spacial score (nSPS) is 15.3. The highest BCUT2D eigenvalue weighted by Gasteiger charge is 2.32. The van der Waals surface area contributed by atoms with Crippen LogP contribution in [0.25, 0.3) is 28.5 Å². The molecule has 4 aromatic rings. The first kappa shape index (κ1) is 23.8. The molecule has 1 saturated heterocycles. The summed E-state index contributed by atoms with van der Waals surface area (Å²) in [4.78, 5) is 23.9. The van der Waals surface area contributed by atoms with Gasteiger partial charge in [0.2, 0.25) is 11.8 Å². The molecule has 0 spiro atoms. The number of likely N-dealkylation sites (N-methyl/N-ethyl adjacent to an activating group) is 1. The Hall–Kier alpha value is -3.92. The third-order valence-electron chi connectivity index (χ3n) is 6.57. The number of piperidine rings is 1. The van der Waals surface area contributed by atoms with Gasteiger partial charge in [-0.15, -0.1) is 5.10 Å². The van der Waals surface area contributed by atoms with E-state index in [2.05, 4.69) is 37.4 Å². The predicted molar refractivity (Wildman–Crippen MR) is 137 cm³/mol. The van der Waals surface area contributed by atoms with Crippen LogP contribution in [0.15, 0.2) is 53.1 Å². The Labute approximate surface area is 209 Å². The first-order valence-corrected chi connectivity index (χ1v) is 12.4. The number of nitrogens with zero attached hydrogens (tertiary/aromatic N) is 5. The maximum atomic E-state index is 12.4. The summed E-state index contributed by atoms with van der Waals surface area (Å²) in [5, 5.41) is 7.74. The Bertz CT molecular complexity index is 1330. The van der Waals surface area contributed by atoms with Crippen molar-refractivity contribution in [2.75, 3.05) is 36.9 Å². The third kappa shape index (κ3) is 4.76. The van der Waals surface area contributed by atoms with Gasteiger partial charge in [-0.25, -0.2) is 9.97 Å². The number of nitrogen functional groups attached to an aromatic ring is 1. The van der Waals surface area contributed by atoms with Gasteiger partial charge in [0.25, 0.3) is 0 Å². The van der Waals surface area contributed by atoms with Gasteiger partial charge < -0.3 is 25.1 Å². The first-order chi connectivity index (χ1) is 17.6. The van der Waals surface area contributed by atoms with E-state index in [0.29, 0.717) is 23.8 Å². The van der Waals surface area contributed by atoms with Crippen molar-refractivity contribution in [3.05, 3.63) is 48.7 Å². The van der Waals surface area contributed by atoms with Gasteiger partial charge in [0, 0.05) is 30.4 Å². The number of benzene rings is 1. The third-order valence-corrected chi connectivity index (χ3v) is 6.57. The van der Waals surface area contributed by atoms with Crippen molar-refractivity contribution >= 4 is 23.3 Å². The Morgan fingerprint density at radius 3 is 2.75 bits per heavy atom. The van der Waals surface area contributed by atoms with Crippen molar-refractivity contribution in [3.8, 4) is 22.8 Å². The standard InChI is InChI=1S/C26H31N7O3/c1-3-28-23(25(34)35-4-2)17-10-12-32(13-11-17)19-8-5-7-18(15-19)20-16-22-30-24(21-9-6-14-36-21)31-33(22)26(27)29-20/h5-9,14-17,23,28H,3-4,10-13H2,1-2H3,(H2,27,29). The van der Waals surface area contributed by atoms with E-state index in [0.717, 1.165) is 49.4 Å². The van der Waals surface area contributed by atoms with Gasteiger partial charge in [0.05, 0.1) is 18.6 Å². The van der Waals surface area contributed by atoms with Crippen molar-refractivity contribution < 1.29 is 13.9 Å². The summed E-state index contributed by atoms with van der Waals surface area (Å²) in [5.41, 5.74) is 9.61. The summed E-state index contributed by atoms with van der Waals surface area (Å²) in [5.74, 6) is 1.39. The van der Waals surface area contributed by atoms with Crippen molar-refractivity contribution in [3.63, 3.8) is 0 Å². The zero-order valence-corrected chi connectivity index (χ0v) is 20.6. The molecule has 0 radical (unpaired) electrons. The minimum absolute atomic E-state index is 0.150. The summed E-state index contributed by atoms with van der Waals surface area (Å²) < 4.78 is 12.2. The zero-order chi connectivity index (χ0) is 25.1. The number of nitrogens with one attached hydrogen (secondary N) is 1. The number of anilines is 2. The van der Waals surface area contributed by atoms with Crippen LogP contribution < -0.4 is 16.0 Å². The quantitative estimate of drug-likeness (QED) is 0.358. The second-order valence-corrected chi connectivity index (χ2v) is 8.84. The Morgan fingerprint density at radius 2 is 2.03 bits per heavy atom. The van der Waals surface area contributed by atoms with Gasteiger partial charge >= 0.3 is 5.97 Å². The molecule has 1 aliphatic heterocycles. The largest absolute Gasteiger partial charge is 0.465 e. The second kappa shape index (κ2) is 10.4. The Morgan fingerprint density at radius 1 is 1.19 bits per heavy atom. The van der Waals surface area contributed by atoms with E-state index in [9.17, 15) is 4.79 Å². The van der Waals surface area contributed by atoms with Crippen molar-refractivity contribution in [1.82, 2.24) is 24.9 Å². The highest BCUT2D eigenvalue weighted by molar-refractivity contribution is 5.76. The second-order valence-electron chi connectivity index (χ2n) is 8.84. The number of carbonyl (C=O) groups is 1. The number of hydrogen-bond donors (Lipinski definition) is 2. The molecule has 1 atom stereocenters. The van der Waals surface area contributed by atoms with E-state index in [1.165, 1.54) is 4.52 Å². The van der Waals surface area contributed by atoms with Crippen molar-refractivity contribution in [2.24, 2.45) is 5.92 Å². The monoisotopic (exact) mass is 489 g/mol. The highest BCUT2D eigenvalue weighted by atomic mass is 16.5. The average Bonchev–Trinajstić information content (AvgIpc) is 3.58. The molecule has 3 N–H and O–H groups in total. The van der Waals surface area contributed by atoms with E-state index in [4.69, 9.17) is 14.9 Å². The number of nitrogens with two attached hydrogens (primary N) is 1. The molecule has 0 saturated carbocycles. The fourth-order valence-electron chi connectivity index (χ4n) is 4.82. The van der Waals surface area contributed by atoms with Crippen LogP contribution in [0.5, 0.6) is 0 Å². The van der Waals surface area contributed by atoms with Crippen LogP contribution in [-0.2, 0) is 9.53 Å². The fraction of sp³-hybridized carbons (Fsp3) is 0.385. The number of carbonyl (C=O) groups excluding carboxylic acids is 1. The minimum atomic E-state index is -0.253. The van der Waals surface area contributed by atoms with Gasteiger partial charge in [0.15, 0.2) is 11.4 Å². The van der Waals surface area contributed by atoms with Crippen LogP contribution >= 0.6 is 0 Å². The molecular formula is C26H31N7O3. The molecule has 5 rings (SSSR count). The lowest BCUT2D eigenvalue weighted by Crippen LogP contribution is -2.48. The SMILES string of the molecule is CCNC(C(=O)OCC)C1CCN(c2cccc(-c3cc4nc(-c5ccco5)nn4c(N)n3)c2)CC1. The van der Waals surface area contributed by atoms with Crippen LogP contribution in [-0.4, -0.2) is 57.8 Å². The fourth-order valence-corrected chi connectivity index (χ4v) is 4.82. The molecular weight excluding hydrogens is 458 g/mol. The molecule has 0 bridgehead atoms. The lowest BCUT2D eigenvalue weighted by Gasteiger charge is -2.36. The maximum Gasteiger partial charge on any atom is 0.323 e. The molecule has 1 unspecified atom stereocenters. The molecule has 10 nitrogen and oxygen atoms in total. The minimum Gasteiger partial charge on any atom is -0.465 e. The molecule has 3 aromatic heterocycles. The first-order valence-electron chi connectivity index (χ1n) is 12.4. The van der Waals surface area contributed by atoms with Gasteiger partial charge in [0.1, 0.15) is 6.04 Å². The van der Waals surface area contributed by atoms with E-state index < -0.39 is 0 Å². The number of fused-ring (bicyclic) bond motifs is 1. The van der Waals surface area contributed by atoms with Gasteiger partial charge in [-0.2, -0.15) is 4.52 Å². The lowest BCUT2D eigenvalue weighted by atomic mass is 9.89. The Kier molecular flexibility index (Phi) is 6.86. The summed E-state index contributed by atoms with van der Waals surface area (Å²) in [6.07, 6.45) is 3.40. The molecule has 0 aliphatic carbocycles. The topological polar surface area (TPSA) is 124 Å². The summed E-state index contributed by atoms with van der Waals surface area (Å²) in [7, 11) is 0. The van der Waals surface area contributed by atoms with E-state index in [1.54, 1.807) is 18.4 Å². The van der Waals surface area contributed by atoms with Crippen molar-refractivity contribution in [1.29, 1.82) is 0 Å². The Balaban J connectivity index is 1.34. The lowest BCUT2D eigenvalue weighted by molar-refractivity contribution is -0.147. The van der Waals surface area contributed by atoms with E-state index >= 15 is 0 Å². The van der Waals surface area contributed by atoms with Crippen molar-refractivity contribution in [2.45, 2.75) is 32.7 Å². The molecule has 36 heavy (non-hydrogen) atoms.